The zero-order valence-electron chi connectivity index (χ0n) is 15.1. The number of amides is 2. The molecule has 2 aromatic carbocycles. The molecule has 0 aliphatic carbocycles. The molecule has 1 heterocycles. The first-order chi connectivity index (χ1) is 13.6. The van der Waals surface area contributed by atoms with Crippen LogP contribution in [0.5, 0.6) is 5.75 Å². The summed E-state index contributed by atoms with van der Waals surface area (Å²) in [4.78, 5) is 28.6. The summed E-state index contributed by atoms with van der Waals surface area (Å²) in [5.41, 5.74) is 1.83. The van der Waals surface area contributed by atoms with Crippen LogP contribution in [-0.2, 0) is 4.79 Å². The Morgan fingerprint density at radius 1 is 1.14 bits per heavy atom. The first-order valence-corrected chi connectivity index (χ1v) is 9.37. The van der Waals surface area contributed by atoms with Gasteiger partial charge in [-0.3, -0.25) is 9.59 Å². The Morgan fingerprint density at radius 3 is 2.64 bits per heavy atom. The van der Waals surface area contributed by atoms with E-state index in [4.69, 9.17) is 4.74 Å². The second-order valence-corrected chi connectivity index (χ2v) is 6.66. The number of halogens is 1. The predicted molar refractivity (Wildman–Crippen MR) is 106 cm³/mol. The van der Waals surface area contributed by atoms with Crippen LogP contribution in [0.1, 0.15) is 16.8 Å². The minimum atomic E-state index is -0.317. The highest BCUT2D eigenvalue weighted by atomic mass is 32.1. The third kappa shape index (κ3) is 4.92. The Balaban J connectivity index is 1.50. The van der Waals surface area contributed by atoms with Gasteiger partial charge in [0.1, 0.15) is 11.6 Å². The second kappa shape index (κ2) is 9.09. The molecule has 0 atom stereocenters. The van der Waals surface area contributed by atoms with E-state index < -0.39 is 0 Å². The van der Waals surface area contributed by atoms with Crippen LogP contribution in [0.25, 0.3) is 11.3 Å². The minimum absolute atomic E-state index is 0.104. The fourth-order valence-corrected chi connectivity index (χ4v) is 3.22. The molecular formula is C20H18FN3O3S. The number of aromatic nitrogens is 1. The van der Waals surface area contributed by atoms with Crippen molar-refractivity contribution in [2.45, 2.75) is 6.42 Å². The van der Waals surface area contributed by atoms with Crippen molar-refractivity contribution in [3.05, 3.63) is 65.3 Å². The second-order valence-electron chi connectivity index (χ2n) is 5.80. The summed E-state index contributed by atoms with van der Waals surface area (Å²) in [7, 11) is 1.49. The zero-order chi connectivity index (χ0) is 19.9. The minimum Gasteiger partial charge on any atom is -0.496 e. The lowest BCUT2D eigenvalue weighted by molar-refractivity contribution is -0.116. The van der Waals surface area contributed by atoms with E-state index in [0.29, 0.717) is 22.1 Å². The maximum Gasteiger partial charge on any atom is 0.255 e. The van der Waals surface area contributed by atoms with E-state index in [1.54, 1.807) is 41.8 Å². The maximum atomic E-state index is 13.0. The molecule has 0 fully saturated rings. The number of thiazole rings is 1. The largest absolute Gasteiger partial charge is 0.496 e. The lowest BCUT2D eigenvalue weighted by Crippen LogP contribution is -2.28. The van der Waals surface area contributed by atoms with Crippen LogP contribution in [0.4, 0.5) is 9.52 Å². The molecule has 8 heteroatoms. The van der Waals surface area contributed by atoms with Gasteiger partial charge in [-0.1, -0.05) is 12.1 Å². The molecule has 6 nitrogen and oxygen atoms in total. The Labute approximate surface area is 165 Å². The van der Waals surface area contributed by atoms with Crippen molar-refractivity contribution < 1.29 is 18.7 Å². The topological polar surface area (TPSA) is 80.3 Å². The maximum absolute atomic E-state index is 13.0. The van der Waals surface area contributed by atoms with Gasteiger partial charge in [-0.15, -0.1) is 11.3 Å². The van der Waals surface area contributed by atoms with Crippen LogP contribution in [0, 0.1) is 5.82 Å². The summed E-state index contributed by atoms with van der Waals surface area (Å²) in [6, 6.07) is 12.8. The third-order valence-electron chi connectivity index (χ3n) is 3.88. The van der Waals surface area contributed by atoms with Gasteiger partial charge in [-0.2, -0.15) is 0 Å². The summed E-state index contributed by atoms with van der Waals surface area (Å²) in [5, 5.41) is 7.62. The van der Waals surface area contributed by atoms with Crippen LogP contribution < -0.4 is 15.4 Å². The molecule has 0 unspecified atom stereocenters. The monoisotopic (exact) mass is 399 g/mol. The molecule has 0 spiro atoms. The number of anilines is 1. The molecule has 0 aliphatic heterocycles. The van der Waals surface area contributed by atoms with Crippen molar-refractivity contribution in [2.75, 3.05) is 19.0 Å². The van der Waals surface area contributed by atoms with E-state index in [-0.39, 0.29) is 30.6 Å². The molecule has 0 saturated carbocycles. The summed E-state index contributed by atoms with van der Waals surface area (Å²) in [5.74, 6) is -0.415. The highest BCUT2D eigenvalue weighted by Gasteiger charge is 2.12. The molecule has 2 N–H and O–H groups in total. The number of carbonyl (C=O) groups is 2. The average Bonchev–Trinajstić information content (AvgIpc) is 3.16. The summed E-state index contributed by atoms with van der Waals surface area (Å²) < 4.78 is 18.1. The van der Waals surface area contributed by atoms with E-state index in [9.17, 15) is 14.0 Å². The average molecular weight is 399 g/mol. The van der Waals surface area contributed by atoms with E-state index in [1.807, 2.05) is 0 Å². The van der Waals surface area contributed by atoms with Gasteiger partial charge in [0.15, 0.2) is 5.13 Å². The highest BCUT2D eigenvalue weighted by Crippen LogP contribution is 2.25. The molecule has 144 valence electrons. The van der Waals surface area contributed by atoms with Crippen molar-refractivity contribution >= 4 is 28.3 Å². The number of methoxy groups -OCH3 is 1. The molecule has 28 heavy (non-hydrogen) atoms. The highest BCUT2D eigenvalue weighted by molar-refractivity contribution is 7.14. The van der Waals surface area contributed by atoms with Crippen LogP contribution in [-0.4, -0.2) is 30.5 Å². The van der Waals surface area contributed by atoms with Gasteiger partial charge in [0.2, 0.25) is 5.91 Å². The standard InChI is InChI=1S/C20H18FN3O3S/c1-27-17-5-3-2-4-15(17)19(26)22-11-10-18(25)24-20-23-16(12-28-20)13-6-8-14(21)9-7-13/h2-9,12H,10-11H2,1H3,(H,22,26)(H,23,24,25). The summed E-state index contributed by atoms with van der Waals surface area (Å²) >= 11 is 1.28. The molecule has 3 aromatic rings. The number of ether oxygens (including phenoxy) is 1. The molecule has 0 saturated heterocycles. The quantitative estimate of drug-likeness (QED) is 0.635. The predicted octanol–water partition coefficient (Wildman–Crippen LogP) is 3.72. The van der Waals surface area contributed by atoms with E-state index >= 15 is 0 Å². The Hall–Kier alpha value is -3.26. The smallest absolute Gasteiger partial charge is 0.255 e. The molecule has 2 amide bonds. The van der Waals surface area contributed by atoms with E-state index in [0.717, 1.165) is 5.56 Å². The summed E-state index contributed by atoms with van der Waals surface area (Å²) in [6.07, 6.45) is 0.104. The van der Waals surface area contributed by atoms with Crippen molar-refractivity contribution in [2.24, 2.45) is 0 Å². The molecule has 0 aliphatic rings. The number of para-hydroxylation sites is 1. The number of nitrogens with one attached hydrogen (secondary N) is 2. The van der Waals surface area contributed by atoms with Crippen LogP contribution in [0.15, 0.2) is 53.9 Å². The van der Waals surface area contributed by atoms with Gasteiger partial charge >= 0.3 is 0 Å². The number of rotatable bonds is 7. The van der Waals surface area contributed by atoms with Crippen LogP contribution in [0.3, 0.4) is 0 Å². The van der Waals surface area contributed by atoms with Gasteiger partial charge in [-0.25, -0.2) is 9.37 Å². The first kappa shape index (κ1) is 19.5. The number of hydrogen-bond donors (Lipinski definition) is 2. The normalized spacial score (nSPS) is 10.4. The van der Waals surface area contributed by atoms with E-state index in [1.165, 1.54) is 30.6 Å². The summed E-state index contributed by atoms with van der Waals surface area (Å²) in [6.45, 7) is 0.179. The number of carbonyl (C=O) groups excluding carboxylic acids is 2. The van der Waals surface area contributed by atoms with E-state index in [2.05, 4.69) is 15.6 Å². The fourth-order valence-electron chi connectivity index (χ4n) is 2.48. The van der Waals surface area contributed by atoms with Gasteiger partial charge in [0.25, 0.3) is 5.91 Å². The molecular weight excluding hydrogens is 381 g/mol. The number of nitrogens with zero attached hydrogens (tertiary/aromatic N) is 1. The van der Waals surface area contributed by atoms with Gasteiger partial charge in [-0.05, 0) is 36.4 Å². The SMILES string of the molecule is COc1ccccc1C(=O)NCCC(=O)Nc1nc(-c2ccc(F)cc2)cs1. The van der Waals surface area contributed by atoms with Crippen molar-refractivity contribution in [1.82, 2.24) is 10.3 Å². The van der Waals surface area contributed by atoms with Crippen molar-refractivity contribution in [3.63, 3.8) is 0 Å². The molecule has 1 aromatic heterocycles. The molecule has 0 radical (unpaired) electrons. The van der Waals surface area contributed by atoms with Crippen LogP contribution >= 0.6 is 11.3 Å². The Kier molecular flexibility index (Phi) is 6.33. The lowest BCUT2D eigenvalue weighted by Gasteiger charge is -2.08. The lowest BCUT2D eigenvalue weighted by atomic mass is 10.2. The van der Waals surface area contributed by atoms with Crippen molar-refractivity contribution in [3.8, 4) is 17.0 Å². The Bertz CT molecular complexity index is 973. The molecule has 3 rings (SSSR count). The van der Waals surface area contributed by atoms with Crippen LogP contribution in [0.2, 0.25) is 0 Å². The third-order valence-corrected chi connectivity index (χ3v) is 4.64. The number of benzene rings is 2. The molecule has 0 bridgehead atoms. The first-order valence-electron chi connectivity index (χ1n) is 8.49. The van der Waals surface area contributed by atoms with Gasteiger partial charge < -0.3 is 15.4 Å². The number of hydrogen-bond acceptors (Lipinski definition) is 5. The van der Waals surface area contributed by atoms with Gasteiger partial charge in [0, 0.05) is 23.9 Å². The fraction of sp³-hybridized carbons (Fsp3) is 0.150. The van der Waals surface area contributed by atoms with Gasteiger partial charge in [0.05, 0.1) is 18.4 Å². The van der Waals surface area contributed by atoms with Crippen molar-refractivity contribution in [1.29, 1.82) is 0 Å². The Morgan fingerprint density at radius 2 is 1.89 bits per heavy atom. The zero-order valence-corrected chi connectivity index (χ0v) is 15.9.